The van der Waals surface area contributed by atoms with E-state index >= 15 is 0 Å². The van der Waals surface area contributed by atoms with E-state index in [9.17, 15) is 9.59 Å². The van der Waals surface area contributed by atoms with Crippen molar-refractivity contribution in [3.63, 3.8) is 0 Å². The lowest BCUT2D eigenvalue weighted by Crippen LogP contribution is -2.31. The number of carbonyl (C=O) groups excluding carboxylic acids is 2. The second-order valence-electron chi connectivity index (χ2n) is 7.62. The maximum atomic E-state index is 12.7. The minimum atomic E-state index is -0.422. The molecule has 4 heteroatoms. The lowest BCUT2D eigenvalue weighted by molar-refractivity contribution is -0.129. The summed E-state index contributed by atoms with van der Waals surface area (Å²) in [6.45, 7) is 0.793. The molecule has 0 saturated heterocycles. The van der Waals surface area contributed by atoms with Crippen molar-refractivity contribution in [3.05, 3.63) is 77.4 Å². The minimum Gasteiger partial charge on any atom is -0.423 e. The molecule has 0 amide bonds. The number of esters is 1. The number of hydrogen-bond acceptors (Lipinski definition) is 4. The second-order valence-corrected chi connectivity index (χ2v) is 7.62. The molecule has 0 aliphatic heterocycles. The maximum absolute atomic E-state index is 12.7. The first-order chi connectivity index (χ1) is 14.0. The number of carbonyl (C=O) groups is 2. The van der Waals surface area contributed by atoms with Crippen LogP contribution in [-0.4, -0.2) is 37.3 Å². The van der Waals surface area contributed by atoms with E-state index in [1.807, 2.05) is 62.6 Å². The molecule has 0 unspecified atom stereocenters. The van der Waals surface area contributed by atoms with E-state index in [4.69, 9.17) is 4.74 Å². The first kappa shape index (κ1) is 20.7. The van der Waals surface area contributed by atoms with Crippen LogP contribution < -0.4 is 4.74 Å². The predicted octanol–water partition coefficient (Wildman–Crippen LogP) is 4.62. The summed E-state index contributed by atoms with van der Waals surface area (Å²) >= 11 is 0. The summed E-state index contributed by atoms with van der Waals surface area (Å²) in [4.78, 5) is 26.8. The highest BCUT2D eigenvalue weighted by molar-refractivity contribution is 6.01. The van der Waals surface area contributed by atoms with E-state index in [2.05, 4.69) is 4.90 Å². The van der Waals surface area contributed by atoms with Crippen molar-refractivity contribution >= 4 is 23.9 Å². The van der Waals surface area contributed by atoms with Crippen LogP contribution >= 0.6 is 0 Å². The van der Waals surface area contributed by atoms with Crippen molar-refractivity contribution in [1.29, 1.82) is 0 Å². The molecule has 1 aliphatic rings. The molecular weight excluding hydrogens is 362 g/mol. The fraction of sp³-hybridized carbons (Fsp3) is 0.280. The Labute approximate surface area is 172 Å². The maximum Gasteiger partial charge on any atom is 0.336 e. The smallest absolute Gasteiger partial charge is 0.336 e. The molecule has 0 bridgehead atoms. The molecule has 0 radical (unpaired) electrons. The molecule has 4 nitrogen and oxygen atoms in total. The number of ketones is 1. The van der Waals surface area contributed by atoms with Crippen LogP contribution in [-0.2, 0) is 9.59 Å². The second kappa shape index (κ2) is 9.99. The zero-order valence-corrected chi connectivity index (χ0v) is 17.0. The van der Waals surface area contributed by atoms with Gasteiger partial charge in [-0.15, -0.1) is 0 Å². The Morgan fingerprint density at radius 2 is 1.79 bits per heavy atom. The molecule has 0 N–H and O–H groups in total. The lowest BCUT2D eigenvalue weighted by Gasteiger charge is -2.25. The van der Waals surface area contributed by atoms with Crippen LogP contribution in [0.5, 0.6) is 5.75 Å². The SMILES string of the molecule is CN(C)C[C@H]1CCC/C(=C/c2ccc(OC(=O)/C=C/c3ccccc3)cc2)C1=O. The largest absolute Gasteiger partial charge is 0.423 e. The number of Topliss-reactive ketones (excluding diaryl/α,β-unsaturated/α-hetero) is 1. The third-order valence-electron chi connectivity index (χ3n) is 4.92. The number of allylic oxidation sites excluding steroid dienone is 1. The highest BCUT2D eigenvalue weighted by Gasteiger charge is 2.26. The van der Waals surface area contributed by atoms with Crippen LogP contribution in [0.25, 0.3) is 12.2 Å². The predicted molar refractivity (Wildman–Crippen MR) is 116 cm³/mol. The summed E-state index contributed by atoms with van der Waals surface area (Å²) in [6, 6.07) is 16.9. The van der Waals surface area contributed by atoms with Crippen molar-refractivity contribution < 1.29 is 14.3 Å². The third-order valence-corrected chi connectivity index (χ3v) is 4.92. The fourth-order valence-electron chi connectivity index (χ4n) is 3.53. The van der Waals surface area contributed by atoms with Gasteiger partial charge in [0, 0.05) is 18.5 Å². The van der Waals surface area contributed by atoms with Crippen molar-refractivity contribution in [1.82, 2.24) is 4.90 Å². The number of nitrogens with zero attached hydrogens (tertiary/aromatic N) is 1. The lowest BCUT2D eigenvalue weighted by atomic mass is 9.83. The summed E-state index contributed by atoms with van der Waals surface area (Å²) < 4.78 is 5.34. The van der Waals surface area contributed by atoms with Crippen LogP contribution in [0.3, 0.4) is 0 Å². The van der Waals surface area contributed by atoms with E-state index in [1.54, 1.807) is 18.2 Å². The molecule has 1 aliphatic carbocycles. The van der Waals surface area contributed by atoms with Gasteiger partial charge >= 0.3 is 5.97 Å². The molecule has 1 saturated carbocycles. The molecular formula is C25H27NO3. The molecule has 0 heterocycles. The fourth-order valence-corrected chi connectivity index (χ4v) is 3.53. The summed E-state index contributed by atoms with van der Waals surface area (Å²) in [5.41, 5.74) is 2.77. The van der Waals surface area contributed by atoms with Gasteiger partial charge < -0.3 is 9.64 Å². The molecule has 0 aromatic heterocycles. The van der Waals surface area contributed by atoms with E-state index in [-0.39, 0.29) is 11.7 Å². The Morgan fingerprint density at radius 1 is 1.07 bits per heavy atom. The summed E-state index contributed by atoms with van der Waals surface area (Å²) in [6.07, 6.45) is 7.92. The van der Waals surface area contributed by atoms with Crippen LogP contribution in [0.15, 0.2) is 66.2 Å². The van der Waals surface area contributed by atoms with E-state index in [0.717, 1.165) is 42.5 Å². The molecule has 29 heavy (non-hydrogen) atoms. The average molecular weight is 389 g/mol. The van der Waals surface area contributed by atoms with E-state index in [0.29, 0.717) is 5.75 Å². The molecule has 2 aromatic carbocycles. The molecule has 2 aromatic rings. The standard InChI is InChI=1S/C25H27NO3/c1-26(2)18-22-10-6-9-21(25(22)28)17-20-11-14-23(15-12-20)29-24(27)16-13-19-7-4-3-5-8-19/h3-5,7-8,11-17,22H,6,9-10,18H2,1-2H3/b16-13+,21-17-/t22-/m1/s1. The van der Waals surface area contributed by atoms with Gasteiger partial charge in [-0.25, -0.2) is 4.79 Å². The van der Waals surface area contributed by atoms with Crippen LogP contribution in [0.4, 0.5) is 0 Å². The summed E-state index contributed by atoms with van der Waals surface area (Å²) in [5.74, 6) is 0.400. The monoisotopic (exact) mass is 389 g/mol. The van der Waals surface area contributed by atoms with Crippen LogP contribution in [0, 0.1) is 5.92 Å². The first-order valence-electron chi connectivity index (χ1n) is 9.96. The Morgan fingerprint density at radius 3 is 2.48 bits per heavy atom. The normalized spacial score (nSPS) is 18.5. The highest BCUT2D eigenvalue weighted by atomic mass is 16.5. The summed E-state index contributed by atoms with van der Waals surface area (Å²) in [5, 5.41) is 0. The highest BCUT2D eigenvalue weighted by Crippen LogP contribution is 2.27. The zero-order chi connectivity index (χ0) is 20.6. The molecule has 150 valence electrons. The molecule has 3 rings (SSSR count). The van der Waals surface area contributed by atoms with Gasteiger partial charge in [-0.1, -0.05) is 42.5 Å². The minimum absolute atomic E-state index is 0.0848. The van der Waals surface area contributed by atoms with Gasteiger partial charge in [0.2, 0.25) is 0 Å². The van der Waals surface area contributed by atoms with Gasteiger partial charge in [0.25, 0.3) is 0 Å². The Balaban J connectivity index is 1.61. The van der Waals surface area contributed by atoms with Gasteiger partial charge in [0.15, 0.2) is 5.78 Å². The topological polar surface area (TPSA) is 46.6 Å². The number of rotatable bonds is 6. The Bertz CT molecular complexity index is 895. The third kappa shape index (κ3) is 6.26. The Kier molecular flexibility index (Phi) is 7.14. The van der Waals surface area contributed by atoms with E-state index < -0.39 is 5.97 Å². The molecule has 0 spiro atoms. The van der Waals surface area contributed by atoms with Crippen molar-refractivity contribution in [2.75, 3.05) is 20.6 Å². The molecule has 1 fully saturated rings. The Hall–Kier alpha value is -2.98. The zero-order valence-electron chi connectivity index (χ0n) is 17.0. The number of benzene rings is 2. The van der Waals surface area contributed by atoms with Gasteiger partial charge in [-0.2, -0.15) is 0 Å². The van der Waals surface area contributed by atoms with Crippen LogP contribution in [0.1, 0.15) is 30.4 Å². The van der Waals surface area contributed by atoms with Gasteiger partial charge in [0.05, 0.1) is 0 Å². The first-order valence-corrected chi connectivity index (χ1v) is 9.96. The average Bonchev–Trinajstić information content (AvgIpc) is 2.71. The van der Waals surface area contributed by atoms with Gasteiger partial charge in [-0.3, -0.25) is 4.79 Å². The van der Waals surface area contributed by atoms with Gasteiger partial charge in [-0.05, 0) is 74.3 Å². The van der Waals surface area contributed by atoms with Crippen molar-refractivity contribution in [2.45, 2.75) is 19.3 Å². The van der Waals surface area contributed by atoms with E-state index in [1.165, 1.54) is 6.08 Å². The van der Waals surface area contributed by atoms with Crippen molar-refractivity contribution in [3.8, 4) is 5.75 Å². The van der Waals surface area contributed by atoms with Crippen LogP contribution in [0.2, 0.25) is 0 Å². The van der Waals surface area contributed by atoms with Gasteiger partial charge in [0.1, 0.15) is 5.75 Å². The quantitative estimate of drug-likeness (QED) is 0.411. The number of hydrogen-bond donors (Lipinski definition) is 0. The molecule has 1 atom stereocenters. The number of ether oxygens (including phenoxy) is 1. The van der Waals surface area contributed by atoms with Crippen molar-refractivity contribution in [2.24, 2.45) is 5.92 Å². The summed E-state index contributed by atoms with van der Waals surface area (Å²) in [7, 11) is 4.00.